The largest absolute Gasteiger partial charge is 0.496 e. The van der Waals surface area contributed by atoms with Crippen LogP contribution in [0.3, 0.4) is 0 Å². The Morgan fingerprint density at radius 2 is 1.60 bits per heavy atom. The number of carbonyl (C=O) groups is 3. The summed E-state index contributed by atoms with van der Waals surface area (Å²) in [5, 5.41) is 31.8. The predicted molar refractivity (Wildman–Crippen MR) is 201 cm³/mol. The summed E-state index contributed by atoms with van der Waals surface area (Å²) in [6.45, 7) is 7.91. The monoisotopic (exact) mass is 724 g/mol. The third-order valence-electron chi connectivity index (χ3n) is 10.5. The summed E-state index contributed by atoms with van der Waals surface area (Å²) in [7, 11) is 9.25. The van der Waals surface area contributed by atoms with Crippen molar-refractivity contribution in [2.75, 3.05) is 68.1 Å². The molecule has 1 saturated carbocycles. The van der Waals surface area contributed by atoms with Gasteiger partial charge in [-0.2, -0.15) is 5.06 Å². The minimum Gasteiger partial charge on any atom is -0.496 e. The van der Waals surface area contributed by atoms with E-state index in [1.165, 1.54) is 0 Å². The number of nitrogens with one attached hydrogen (secondary N) is 3. The van der Waals surface area contributed by atoms with Crippen LogP contribution in [-0.2, 0) is 16.2 Å². The Kier molecular flexibility index (Phi) is 15.0. The molecule has 2 aromatic rings. The summed E-state index contributed by atoms with van der Waals surface area (Å²) in [6.07, 6.45) is 1.32. The molecule has 7 atom stereocenters. The van der Waals surface area contributed by atoms with E-state index in [-0.39, 0.29) is 36.9 Å². The van der Waals surface area contributed by atoms with Crippen LogP contribution in [0.2, 0.25) is 0 Å². The van der Waals surface area contributed by atoms with Crippen molar-refractivity contribution in [2.45, 2.75) is 70.9 Å². The Hall–Kier alpha value is -3.59. The van der Waals surface area contributed by atoms with Crippen LogP contribution in [0, 0.1) is 17.8 Å². The van der Waals surface area contributed by atoms with Crippen LogP contribution >= 0.6 is 0 Å². The topological polar surface area (TPSA) is 156 Å². The van der Waals surface area contributed by atoms with Gasteiger partial charge in [0, 0.05) is 60.4 Å². The van der Waals surface area contributed by atoms with Crippen LogP contribution in [-0.4, -0.2) is 135 Å². The van der Waals surface area contributed by atoms with Crippen molar-refractivity contribution in [3.8, 4) is 16.9 Å². The highest BCUT2D eigenvalue weighted by Crippen LogP contribution is 2.39. The molecule has 1 aliphatic carbocycles. The van der Waals surface area contributed by atoms with E-state index in [2.05, 4.69) is 29.8 Å². The number of ether oxygens (including phenoxy) is 1. The lowest BCUT2D eigenvalue weighted by Crippen LogP contribution is -2.53. The van der Waals surface area contributed by atoms with Crippen LogP contribution in [0.5, 0.6) is 5.75 Å². The first kappa shape index (κ1) is 41.2. The molecule has 0 bridgehead atoms. The molecule has 288 valence electrons. The van der Waals surface area contributed by atoms with Gasteiger partial charge in [-0.1, -0.05) is 44.9 Å². The normalized spacial score (nSPS) is 24.2. The Morgan fingerprint density at radius 3 is 2.13 bits per heavy atom. The molecule has 2 aromatic carbocycles. The van der Waals surface area contributed by atoms with Gasteiger partial charge in [0.15, 0.2) is 0 Å². The molecule has 4 rings (SSSR count). The molecular weight excluding hydrogens is 664 g/mol. The molecule has 1 saturated heterocycles. The highest BCUT2D eigenvalue weighted by Gasteiger charge is 2.50. The lowest BCUT2D eigenvalue weighted by molar-refractivity contribution is -0.182. The number of methoxy groups -OCH3 is 1. The second-order valence-electron chi connectivity index (χ2n) is 15.0. The van der Waals surface area contributed by atoms with Gasteiger partial charge < -0.3 is 40.7 Å². The van der Waals surface area contributed by atoms with E-state index in [1.54, 1.807) is 37.3 Å². The minimum absolute atomic E-state index is 0.000394. The summed E-state index contributed by atoms with van der Waals surface area (Å²) >= 11 is 0. The third kappa shape index (κ3) is 10.3. The average molecular weight is 725 g/mol. The molecule has 2 aliphatic rings. The van der Waals surface area contributed by atoms with E-state index in [0.717, 1.165) is 19.3 Å². The van der Waals surface area contributed by atoms with Crippen LogP contribution in [0.4, 0.5) is 0 Å². The zero-order valence-electron chi connectivity index (χ0n) is 32.1. The molecule has 1 heterocycles. The molecule has 2 fully saturated rings. The number of nitrogens with zero attached hydrogens (tertiary/aromatic N) is 3. The highest BCUT2D eigenvalue weighted by atomic mass is 16.7. The Bertz CT molecular complexity index is 1470. The number of carbonyl (C=O) groups excluding carboxylic acids is 3. The van der Waals surface area contributed by atoms with Crippen LogP contribution in [0.15, 0.2) is 36.4 Å². The molecule has 0 aromatic heterocycles. The van der Waals surface area contributed by atoms with E-state index >= 15 is 0 Å². The first-order chi connectivity index (χ1) is 24.7. The van der Waals surface area contributed by atoms with Gasteiger partial charge in [-0.15, -0.1) is 0 Å². The Balaban J connectivity index is 1.70. The maximum atomic E-state index is 14.1. The summed E-state index contributed by atoms with van der Waals surface area (Å²) in [4.78, 5) is 51.0. The van der Waals surface area contributed by atoms with E-state index in [4.69, 9.17) is 9.57 Å². The number of hydrogen-bond acceptors (Lipinski definition) is 10. The van der Waals surface area contributed by atoms with Gasteiger partial charge in [0.05, 0.1) is 26.4 Å². The van der Waals surface area contributed by atoms with Gasteiger partial charge in [0.25, 0.3) is 11.8 Å². The van der Waals surface area contributed by atoms with Crippen molar-refractivity contribution in [1.82, 2.24) is 30.8 Å². The van der Waals surface area contributed by atoms with E-state index in [1.807, 2.05) is 56.2 Å². The first-order valence-corrected chi connectivity index (χ1v) is 18.5. The summed E-state index contributed by atoms with van der Waals surface area (Å²) < 4.78 is 6.00. The second kappa shape index (κ2) is 18.9. The molecule has 5 N–H and O–H groups in total. The zero-order chi connectivity index (χ0) is 38.1. The van der Waals surface area contributed by atoms with Crippen molar-refractivity contribution < 1.29 is 34.2 Å². The fourth-order valence-corrected chi connectivity index (χ4v) is 7.31. The molecule has 1 aliphatic heterocycles. The second-order valence-corrected chi connectivity index (χ2v) is 15.0. The molecular formula is C39H60N6O7. The number of hydrogen-bond donors (Lipinski definition) is 5. The van der Waals surface area contributed by atoms with Gasteiger partial charge >= 0.3 is 0 Å². The van der Waals surface area contributed by atoms with Gasteiger partial charge in [-0.25, -0.2) is 0 Å². The van der Waals surface area contributed by atoms with Crippen LogP contribution < -0.4 is 20.7 Å². The number of benzene rings is 2. The number of aliphatic hydroxyl groups excluding tert-OH is 2. The molecule has 52 heavy (non-hydrogen) atoms. The Labute approximate surface area is 309 Å². The third-order valence-corrected chi connectivity index (χ3v) is 10.5. The predicted octanol–water partition coefficient (Wildman–Crippen LogP) is 2.36. The minimum atomic E-state index is -0.928. The molecule has 13 heteroatoms. The van der Waals surface area contributed by atoms with Gasteiger partial charge in [0.2, 0.25) is 5.91 Å². The molecule has 0 spiro atoms. The van der Waals surface area contributed by atoms with Crippen molar-refractivity contribution in [3.63, 3.8) is 0 Å². The van der Waals surface area contributed by atoms with Crippen LogP contribution in [0.1, 0.15) is 66.3 Å². The Morgan fingerprint density at radius 1 is 0.981 bits per heavy atom. The zero-order valence-corrected chi connectivity index (χ0v) is 32.1. The number of amides is 3. The summed E-state index contributed by atoms with van der Waals surface area (Å²) in [5.74, 6) is -0.276. The number of para-hydroxylation sites is 1. The number of hydroxylamine groups is 2. The molecule has 13 nitrogen and oxygen atoms in total. The maximum Gasteiger partial charge on any atom is 0.251 e. The standard InChI is InChI=1S/C39H60N6O7/c1-24-11-9-14-32(25(24)2)42-39(50)35-34(26(3)47)33(23-46)52-45(35)22-27-12-10-13-31(36(27)51-8)28-19-29(37(48)40-15-17-43(4)5)21-30(20-28)38(49)41-16-18-44(6)7/h10,12-13,19-21,24-26,32-35,46-47H,9,11,14-18,22-23H2,1-8H3,(H,40,48)(H,41,49)(H,42,50)/t24-,25+,26+,32+,33+,34+,35+/m1/s1. The SMILES string of the molecule is COc1c(CN2O[C@@H](CO)[C@H]([C@H](C)O)[C@H]2C(=O)N[C@H]2CCC[C@@H](C)[C@@H]2C)cccc1-c1cc(C(=O)NCCN(C)C)cc(C(=O)NCCN(C)C)c1. The van der Waals surface area contributed by atoms with Crippen molar-refractivity contribution in [2.24, 2.45) is 17.8 Å². The average Bonchev–Trinajstić information content (AvgIpc) is 3.48. The smallest absolute Gasteiger partial charge is 0.251 e. The summed E-state index contributed by atoms with van der Waals surface area (Å²) in [6, 6.07) is 9.77. The molecule has 0 unspecified atom stereocenters. The number of rotatable bonds is 16. The molecule has 0 radical (unpaired) electrons. The van der Waals surface area contributed by atoms with Gasteiger partial charge in [0.1, 0.15) is 17.9 Å². The number of aliphatic hydroxyl groups is 2. The lowest BCUT2D eigenvalue weighted by Gasteiger charge is -2.36. The van der Waals surface area contributed by atoms with Crippen LogP contribution in [0.25, 0.3) is 11.1 Å². The fraction of sp³-hybridized carbons (Fsp3) is 0.615. The van der Waals surface area contributed by atoms with Crippen molar-refractivity contribution in [3.05, 3.63) is 53.1 Å². The lowest BCUT2D eigenvalue weighted by atomic mass is 9.77. The van der Waals surface area contributed by atoms with Crippen molar-refractivity contribution >= 4 is 17.7 Å². The maximum absolute atomic E-state index is 14.1. The quantitative estimate of drug-likeness (QED) is 0.174. The van der Waals surface area contributed by atoms with Crippen molar-refractivity contribution in [1.29, 1.82) is 0 Å². The number of likely N-dealkylation sites (N-methyl/N-ethyl adjacent to an activating group) is 2. The highest BCUT2D eigenvalue weighted by molar-refractivity contribution is 6.01. The fourth-order valence-electron chi connectivity index (χ4n) is 7.31. The van der Waals surface area contributed by atoms with E-state index in [0.29, 0.717) is 71.6 Å². The van der Waals surface area contributed by atoms with E-state index < -0.39 is 24.2 Å². The van der Waals surface area contributed by atoms with E-state index in [9.17, 15) is 24.6 Å². The van der Waals surface area contributed by atoms with Gasteiger partial charge in [-0.05, 0) is 77.1 Å². The first-order valence-electron chi connectivity index (χ1n) is 18.5. The van der Waals surface area contributed by atoms with Gasteiger partial charge in [-0.3, -0.25) is 19.2 Å². The summed E-state index contributed by atoms with van der Waals surface area (Å²) in [5.41, 5.74) is 2.58. The molecule has 3 amide bonds.